The molecule has 1 saturated carbocycles. The van der Waals surface area contributed by atoms with E-state index in [4.69, 9.17) is 4.98 Å². The highest BCUT2D eigenvalue weighted by Crippen LogP contribution is 2.39. The lowest BCUT2D eigenvalue weighted by Crippen LogP contribution is -2.20. The third-order valence-electron chi connectivity index (χ3n) is 4.49. The van der Waals surface area contributed by atoms with Gasteiger partial charge in [0, 0.05) is 18.2 Å². The molecular formula is C15H21N3. The fourth-order valence-electron chi connectivity index (χ4n) is 3.10. The largest absolute Gasteiger partial charge is 0.331 e. The van der Waals surface area contributed by atoms with E-state index in [9.17, 15) is 5.26 Å². The Morgan fingerprint density at radius 2 is 2.06 bits per heavy atom. The highest BCUT2D eigenvalue weighted by Gasteiger charge is 2.34. The molecule has 2 heterocycles. The minimum absolute atomic E-state index is 0.448. The Kier molecular flexibility index (Phi) is 2.69. The van der Waals surface area contributed by atoms with Crippen molar-refractivity contribution in [2.45, 2.75) is 70.3 Å². The van der Waals surface area contributed by atoms with E-state index in [1.165, 1.54) is 43.6 Å². The Balaban J connectivity index is 2.09. The van der Waals surface area contributed by atoms with Gasteiger partial charge in [-0.2, -0.15) is 5.26 Å². The Labute approximate surface area is 109 Å². The van der Waals surface area contributed by atoms with E-state index in [1.54, 1.807) is 0 Å². The molecule has 0 unspecified atom stereocenters. The normalized spacial score (nSPS) is 20.1. The smallest absolute Gasteiger partial charge is 0.112 e. The second kappa shape index (κ2) is 4.12. The molecule has 0 saturated heterocycles. The van der Waals surface area contributed by atoms with Crippen LogP contribution in [0.15, 0.2) is 0 Å². The first-order valence-corrected chi connectivity index (χ1v) is 7.14. The molecule has 0 spiro atoms. The van der Waals surface area contributed by atoms with Gasteiger partial charge in [0.15, 0.2) is 0 Å². The Bertz CT molecular complexity index is 501. The minimum atomic E-state index is -0.448. The Morgan fingerprint density at radius 1 is 1.28 bits per heavy atom. The molecule has 96 valence electrons. The molecule has 0 bridgehead atoms. The summed E-state index contributed by atoms with van der Waals surface area (Å²) in [5, 5.41) is 9.37. The summed E-state index contributed by atoms with van der Waals surface area (Å²) in [6.45, 7) is 5.10. The molecule has 1 aromatic heterocycles. The Morgan fingerprint density at radius 3 is 2.67 bits per heavy atom. The lowest BCUT2D eigenvalue weighted by atomic mass is 9.84. The van der Waals surface area contributed by atoms with Crippen LogP contribution in [0, 0.1) is 11.3 Å². The van der Waals surface area contributed by atoms with Crippen LogP contribution < -0.4 is 0 Å². The third kappa shape index (κ3) is 1.67. The predicted octanol–water partition coefficient (Wildman–Crippen LogP) is 3.29. The molecule has 0 radical (unpaired) electrons. The third-order valence-corrected chi connectivity index (χ3v) is 4.49. The fraction of sp³-hybridized carbons (Fsp3) is 0.733. The number of fused-ring (bicyclic) bond motifs is 1. The standard InChI is InChI=1S/C15H21N3/c1-15(2,10-16)13-12-8-3-4-9-18(12)14(17-13)11-6-5-7-11/h11H,3-9H2,1-2H3. The van der Waals surface area contributed by atoms with Crippen molar-refractivity contribution in [3.05, 3.63) is 17.2 Å². The van der Waals surface area contributed by atoms with Crippen molar-refractivity contribution in [2.24, 2.45) is 0 Å². The van der Waals surface area contributed by atoms with Crippen LogP contribution in [0.3, 0.4) is 0 Å². The molecule has 1 aliphatic carbocycles. The maximum Gasteiger partial charge on any atom is 0.112 e. The molecule has 0 aromatic carbocycles. The summed E-state index contributed by atoms with van der Waals surface area (Å²) in [4.78, 5) is 4.90. The minimum Gasteiger partial charge on any atom is -0.331 e. The van der Waals surface area contributed by atoms with Crippen molar-refractivity contribution < 1.29 is 0 Å². The topological polar surface area (TPSA) is 41.6 Å². The van der Waals surface area contributed by atoms with E-state index in [1.807, 2.05) is 13.8 Å². The van der Waals surface area contributed by atoms with Crippen LogP contribution >= 0.6 is 0 Å². The van der Waals surface area contributed by atoms with Gasteiger partial charge in [0.1, 0.15) is 5.82 Å². The average molecular weight is 243 g/mol. The molecule has 0 atom stereocenters. The molecule has 0 N–H and O–H groups in total. The van der Waals surface area contributed by atoms with Crippen molar-refractivity contribution >= 4 is 0 Å². The molecular weight excluding hydrogens is 222 g/mol. The van der Waals surface area contributed by atoms with E-state index < -0.39 is 5.41 Å². The zero-order chi connectivity index (χ0) is 12.8. The van der Waals surface area contributed by atoms with Gasteiger partial charge < -0.3 is 4.57 Å². The maximum atomic E-state index is 9.37. The van der Waals surface area contributed by atoms with Crippen LogP contribution in [-0.2, 0) is 18.4 Å². The zero-order valence-electron chi connectivity index (χ0n) is 11.4. The lowest BCUT2D eigenvalue weighted by Gasteiger charge is -2.27. The van der Waals surface area contributed by atoms with E-state index in [-0.39, 0.29) is 0 Å². The first-order chi connectivity index (χ1) is 8.63. The van der Waals surface area contributed by atoms with Crippen LogP contribution in [0.2, 0.25) is 0 Å². The number of hydrogen-bond acceptors (Lipinski definition) is 2. The number of hydrogen-bond donors (Lipinski definition) is 0. The van der Waals surface area contributed by atoms with Gasteiger partial charge in [0.25, 0.3) is 0 Å². The number of nitriles is 1. The molecule has 18 heavy (non-hydrogen) atoms. The molecule has 1 fully saturated rings. The van der Waals surface area contributed by atoms with Crippen molar-refractivity contribution in [3.63, 3.8) is 0 Å². The van der Waals surface area contributed by atoms with Crippen LogP contribution in [0.1, 0.15) is 69.1 Å². The van der Waals surface area contributed by atoms with Gasteiger partial charge in [-0.05, 0) is 46.0 Å². The quantitative estimate of drug-likeness (QED) is 0.799. The van der Waals surface area contributed by atoms with Gasteiger partial charge in [0.2, 0.25) is 0 Å². The van der Waals surface area contributed by atoms with E-state index in [0.29, 0.717) is 5.92 Å². The van der Waals surface area contributed by atoms with Crippen molar-refractivity contribution in [2.75, 3.05) is 0 Å². The summed E-state index contributed by atoms with van der Waals surface area (Å²) < 4.78 is 2.43. The van der Waals surface area contributed by atoms with Crippen LogP contribution in [-0.4, -0.2) is 9.55 Å². The molecule has 3 rings (SSSR count). The monoisotopic (exact) mass is 243 g/mol. The summed E-state index contributed by atoms with van der Waals surface area (Å²) in [6.07, 6.45) is 7.50. The molecule has 0 amide bonds. The van der Waals surface area contributed by atoms with Gasteiger partial charge in [-0.25, -0.2) is 4.98 Å². The van der Waals surface area contributed by atoms with E-state index >= 15 is 0 Å². The number of imidazole rings is 1. The predicted molar refractivity (Wildman–Crippen MR) is 70.4 cm³/mol. The van der Waals surface area contributed by atoms with Gasteiger partial charge >= 0.3 is 0 Å². The van der Waals surface area contributed by atoms with Crippen molar-refractivity contribution in [1.29, 1.82) is 5.26 Å². The average Bonchev–Trinajstić information content (AvgIpc) is 2.68. The molecule has 2 aliphatic rings. The van der Waals surface area contributed by atoms with Crippen molar-refractivity contribution in [1.82, 2.24) is 9.55 Å². The van der Waals surface area contributed by atoms with Gasteiger partial charge in [0.05, 0.1) is 17.2 Å². The van der Waals surface area contributed by atoms with Crippen LogP contribution in [0.25, 0.3) is 0 Å². The lowest BCUT2D eigenvalue weighted by molar-refractivity contribution is 0.376. The Hall–Kier alpha value is -1.30. The SMILES string of the molecule is CC(C)(C#N)c1nc(C2CCC2)n2c1CCCC2. The highest BCUT2D eigenvalue weighted by atomic mass is 15.1. The maximum absolute atomic E-state index is 9.37. The van der Waals surface area contributed by atoms with E-state index in [2.05, 4.69) is 10.6 Å². The second-order valence-corrected chi connectivity index (χ2v) is 6.24. The van der Waals surface area contributed by atoms with E-state index in [0.717, 1.165) is 18.7 Å². The molecule has 1 aliphatic heterocycles. The van der Waals surface area contributed by atoms with Gasteiger partial charge in [-0.15, -0.1) is 0 Å². The summed E-state index contributed by atoms with van der Waals surface area (Å²) in [5.74, 6) is 1.93. The summed E-state index contributed by atoms with van der Waals surface area (Å²) in [5.41, 5.74) is 1.94. The molecule has 3 nitrogen and oxygen atoms in total. The number of aromatic nitrogens is 2. The van der Waals surface area contributed by atoms with Crippen LogP contribution in [0.5, 0.6) is 0 Å². The second-order valence-electron chi connectivity index (χ2n) is 6.24. The van der Waals surface area contributed by atoms with Gasteiger partial charge in [-0.1, -0.05) is 6.42 Å². The van der Waals surface area contributed by atoms with Gasteiger partial charge in [-0.3, -0.25) is 0 Å². The first kappa shape index (κ1) is 11.8. The molecule has 1 aromatic rings. The van der Waals surface area contributed by atoms with Crippen LogP contribution in [0.4, 0.5) is 0 Å². The number of nitrogens with zero attached hydrogens (tertiary/aromatic N) is 3. The fourth-order valence-corrected chi connectivity index (χ4v) is 3.10. The van der Waals surface area contributed by atoms with Crippen molar-refractivity contribution in [3.8, 4) is 6.07 Å². The first-order valence-electron chi connectivity index (χ1n) is 7.14. The molecule has 3 heteroatoms. The summed E-state index contributed by atoms with van der Waals surface area (Å²) in [6, 6.07) is 2.42. The number of rotatable bonds is 2. The highest BCUT2D eigenvalue weighted by molar-refractivity contribution is 5.32. The summed E-state index contributed by atoms with van der Waals surface area (Å²) in [7, 11) is 0. The zero-order valence-corrected chi connectivity index (χ0v) is 11.4. The summed E-state index contributed by atoms with van der Waals surface area (Å²) >= 11 is 0.